The van der Waals surface area contributed by atoms with Gasteiger partial charge in [0.05, 0.1) is 40.9 Å². The van der Waals surface area contributed by atoms with E-state index in [2.05, 4.69) is 25.5 Å². The number of hydrogen-bond donors (Lipinski definition) is 1. The average molecular weight is 480 g/mol. The largest absolute Gasteiger partial charge is 0.496 e. The van der Waals surface area contributed by atoms with Gasteiger partial charge in [0.25, 0.3) is 11.8 Å². The molecule has 0 aliphatic rings. The highest BCUT2D eigenvalue weighted by Gasteiger charge is 2.20. The molecule has 0 bridgehead atoms. The minimum absolute atomic E-state index is 0.213. The zero-order valence-corrected chi connectivity index (χ0v) is 20.1. The van der Waals surface area contributed by atoms with E-state index < -0.39 is 15.1 Å². The van der Waals surface area contributed by atoms with Crippen molar-refractivity contribution in [1.29, 1.82) is 0 Å². The molecule has 10 heteroatoms. The Kier molecular flexibility index (Phi) is 6.71. The second-order valence-electron chi connectivity index (χ2n) is 7.89. The van der Waals surface area contributed by atoms with Crippen LogP contribution in [0.25, 0.3) is 34.3 Å². The summed E-state index contributed by atoms with van der Waals surface area (Å²) in [5.41, 5.74) is 3.42. The highest BCUT2D eigenvalue weighted by atomic mass is 32.2. The van der Waals surface area contributed by atoms with Gasteiger partial charge < -0.3 is 14.5 Å². The first-order valence-corrected chi connectivity index (χ1v) is 12.2. The predicted molar refractivity (Wildman–Crippen MR) is 128 cm³/mol. The number of benzene rings is 2. The van der Waals surface area contributed by atoms with Crippen molar-refractivity contribution in [3.8, 4) is 40.0 Å². The second-order valence-corrected chi connectivity index (χ2v) is 10.4. The molecule has 1 N–H and O–H groups in total. The third kappa shape index (κ3) is 4.68. The Bertz CT molecular complexity index is 1400. The van der Waals surface area contributed by atoms with Crippen molar-refractivity contribution in [2.24, 2.45) is 0 Å². The molecular weight excluding hydrogens is 454 g/mol. The number of aromatic nitrogens is 4. The van der Waals surface area contributed by atoms with E-state index in [4.69, 9.17) is 9.15 Å². The maximum atomic E-state index is 12.4. The quantitative estimate of drug-likeness (QED) is 0.402. The van der Waals surface area contributed by atoms with E-state index in [1.165, 1.54) is 6.20 Å². The summed E-state index contributed by atoms with van der Waals surface area (Å²) in [5.74, 6) is 1.14. The maximum Gasteiger partial charge on any atom is 0.268 e. The molecule has 0 aliphatic carbocycles. The Hall–Kier alpha value is -3.63. The monoisotopic (exact) mass is 479 g/mol. The molecule has 4 rings (SSSR count). The Labute approximate surface area is 198 Å². The molecule has 0 spiro atoms. The standard InChI is InChI=1S/C24H25N5O4S/c1-15(2)34(30,31)18-8-6-17(7-9-18)20-13-26-14-21(27-20)24-29-28-23(33-24)19-10-5-16(12-25-3)11-22(19)32-4/h5-11,13-15,25H,12H2,1-4H3. The minimum Gasteiger partial charge on any atom is -0.496 e. The number of nitrogens with one attached hydrogen (secondary N) is 1. The van der Waals surface area contributed by atoms with Crippen LogP contribution in [0.15, 0.2) is 64.2 Å². The molecule has 34 heavy (non-hydrogen) atoms. The molecule has 0 radical (unpaired) electrons. The van der Waals surface area contributed by atoms with Crippen LogP contribution in [0, 0.1) is 0 Å². The number of sulfone groups is 1. The first kappa shape index (κ1) is 23.5. The van der Waals surface area contributed by atoms with E-state index in [0.29, 0.717) is 35.1 Å². The van der Waals surface area contributed by atoms with Gasteiger partial charge in [0.15, 0.2) is 9.84 Å². The molecule has 0 saturated carbocycles. The zero-order valence-electron chi connectivity index (χ0n) is 19.3. The molecule has 176 valence electrons. The molecule has 9 nitrogen and oxygen atoms in total. The number of rotatable bonds is 8. The summed E-state index contributed by atoms with van der Waals surface area (Å²) in [4.78, 5) is 9.09. The van der Waals surface area contributed by atoms with Crippen LogP contribution in [0.5, 0.6) is 5.75 Å². The third-order valence-corrected chi connectivity index (χ3v) is 7.43. The summed E-state index contributed by atoms with van der Waals surface area (Å²) in [5, 5.41) is 10.9. The summed E-state index contributed by atoms with van der Waals surface area (Å²) in [7, 11) is 0.120. The van der Waals surface area contributed by atoms with E-state index in [9.17, 15) is 8.42 Å². The summed E-state index contributed by atoms with van der Waals surface area (Å²) in [6.45, 7) is 4.02. The maximum absolute atomic E-state index is 12.4. The van der Waals surface area contributed by atoms with Crippen LogP contribution in [0.3, 0.4) is 0 Å². The Morgan fingerprint density at radius 2 is 1.71 bits per heavy atom. The summed E-state index contributed by atoms with van der Waals surface area (Å²) in [6, 6.07) is 12.3. The fourth-order valence-corrected chi connectivity index (χ4v) is 4.42. The van der Waals surface area contributed by atoms with Crippen molar-refractivity contribution in [3.63, 3.8) is 0 Å². The molecule has 0 unspecified atom stereocenters. The van der Waals surface area contributed by atoms with Crippen molar-refractivity contribution >= 4 is 9.84 Å². The van der Waals surface area contributed by atoms with Crippen LogP contribution in [0.1, 0.15) is 19.4 Å². The van der Waals surface area contributed by atoms with Crippen molar-refractivity contribution in [2.75, 3.05) is 14.2 Å². The van der Waals surface area contributed by atoms with E-state index in [0.717, 1.165) is 11.1 Å². The molecule has 0 aliphatic heterocycles. The second kappa shape index (κ2) is 9.70. The van der Waals surface area contributed by atoms with E-state index in [-0.39, 0.29) is 10.8 Å². The molecule has 2 aromatic heterocycles. The predicted octanol–water partition coefficient (Wildman–Crippen LogP) is 3.77. The number of hydrogen-bond acceptors (Lipinski definition) is 9. The average Bonchev–Trinajstić information content (AvgIpc) is 3.34. The lowest BCUT2D eigenvalue weighted by Gasteiger charge is -2.08. The van der Waals surface area contributed by atoms with Gasteiger partial charge in [0.1, 0.15) is 11.4 Å². The van der Waals surface area contributed by atoms with Gasteiger partial charge >= 0.3 is 0 Å². The van der Waals surface area contributed by atoms with Gasteiger partial charge in [-0.05, 0) is 50.7 Å². The SMILES string of the molecule is CNCc1ccc(-c2nnc(-c3cncc(-c4ccc(S(=O)(=O)C(C)C)cc4)n3)o2)c(OC)c1. The fraction of sp³-hybridized carbons (Fsp3) is 0.250. The number of ether oxygens (including phenoxy) is 1. The molecule has 0 amide bonds. The van der Waals surface area contributed by atoms with Gasteiger partial charge in [0, 0.05) is 12.1 Å². The Morgan fingerprint density at radius 1 is 1.00 bits per heavy atom. The Morgan fingerprint density at radius 3 is 2.38 bits per heavy atom. The Balaban J connectivity index is 1.63. The molecule has 0 saturated heterocycles. The summed E-state index contributed by atoms with van der Waals surface area (Å²) in [6.07, 6.45) is 3.13. The third-order valence-electron chi connectivity index (χ3n) is 5.26. The van der Waals surface area contributed by atoms with Crippen molar-refractivity contribution in [2.45, 2.75) is 30.5 Å². The zero-order chi connectivity index (χ0) is 24.3. The van der Waals surface area contributed by atoms with Crippen LogP contribution in [0.4, 0.5) is 0 Å². The smallest absolute Gasteiger partial charge is 0.268 e. The van der Waals surface area contributed by atoms with E-state index in [1.807, 2.05) is 25.2 Å². The molecular formula is C24H25N5O4S. The first-order valence-electron chi connectivity index (χ1n) is 10.7. The molecule has 2 heterocycles. The fourth-order valence-electron chi connectivity index (χ4n) is 3.36. The molecule has 0 atom stereocenters. The highest BCUT2D eigenvalue weighted by molar-refractivity contribution is 7.92. The van der Waals surface area contributed by atoms with Gasteiger partial charge in [-0.1, -0.05) is 18.2 Å². The van der Waals surface area contributed by atoms with Crippen molar-refractivity contribution in [3.05, 3.63) is 60.4 Å². The lowest BCUT2D eigenvalue weighted by atomic mass is 10.1. The van der Waals surface area contributed by atoms with Gasteiger partial charge in [-0.3, -0.25) is 4.98 Å². The lowest BCUT2D eigenvalue weighted by Crippen LogP contribution is -2.13. The minimum atomic E-state index is -3.35. The van der Waals surface area contributed by atoms with Crippen molar-refractivity contribution < 1.29 is 17.6 Å². The van der Waals surface area contributed by atoms with Crippen molar-refractivity contribution in [1.82, 2.24) is 25.5 Å². The molecule has 0 fully saturated rings. The van der Waals surface area contributed by atoms with E-state index >= 15 is 0 Å². The van der Waals surface area contributed by atoms with Crippen LogP contribution in [-0.4, -0.2) is 48.0 Å². The number of nitrogens with zero attached hydrogens (tertiary/aromatic N) is 4. The van der Waals surface area contributed by atoms with Crippen LogP contribution in [-0.2, 0) is 16.4 Å². The van der Waals surface area contributed by atoms with Gasteiger partial charge in [-0.15, -0.1) is 10.2 Å². The topological polar surface area (TPSA) is 120 Å². The van der Waals surface area contributed by atoms with Crippen LogP contribution in [0.2, 0.25) is 0 Å². The van der Waals surface area contributed by atoms with Gasteiger partial charge in [-0.25, -0.2) is 13.4 Å². The highest BCUT2D eigenvalue weighted by Crippen LogP contribution is 2.32. The summed E-state index contributed by atoms with van der Waals surface area (Å²) >= 11 is 0. The summed E-state index contributed by atoms with van der Waals surface area (Å²) < 4.78 is 36.1. The number of methoxy groups -OCH3 is 1. The van der Waals surface area contributed by atoms with E-state index in [1.54, 1.807) is 51.4 Å². The first-order chi connectivity index (χ1) is 16.3. The van der Waals surface area contributed by atoms with Gasteiger partial charge in [0.2, 0.25) is 0 Å². The normalized spacial score (nSPS) is 11.7. The van der Waals surface area contributed by atoms with Crippen LogP contribution < -0.4 is 10.1 Å². The van der Waals surface area contributed by atoms with Gasteiger partial charge in [-0.2, -0.15) is 0 Å². The molecule has 4 aromatic rings. The molecule has 2 aromatic carbocycles. The lowest BCUT2D eigenvalue weighted by molar-refractivity contribution is 0.413. The van der Waals surface area contributed by atoms with Crippen LogP contribution >= 0.6 is 0 Å².